The van der Waals surface area contributed by atoms with E-state index in [4.69, 9.17) is 19.4 Å². The van der Waals surface area contributed by atoms with Gasteiger partial charge in [0, 0.05) is 23.7 Å². The van der Waals surface area contributed by atoms with Crippen molar-refractivity contribution in [1.29, 1.82) is 0 Å². The highest BCUT2D eigenvalue weighted by atomic mass is 16.7. The van der Waals surface area contributed by atoms with Crippen LogP contribution in [0.15, 0.2) is 72.8 Å². The molecule has 0 aliphatic carbocycles. The molecule has 4 rings (SSSR count). The second-order valence-electron chi connectivity index (χ2n) is 8.07. The molecule has 0 radical (unpaired) electrons. The Balaban J connectivity index is 1.47. The number of fused-ring (bicyclic) bond motifs is 1. The summed E-state index contributed by atoms with van der Waals surface area (Å²) < 4.78 is 15.8. The van der Waals surface area contributed by atoms with E-state index in [0.29, 0.717) is 22.9 Å². The average molecular weight is 504 g/mol. The average Bonchev–Trinajstić information content (AvgIpc) is 3.40. The summed E-state index contributed by atoms with van der Waals surface area (Å²) in [5, 5.41) is 14.3. The lowest BCUT2D eigenvalue weighted by Gasteiger charge is -2.18. The number of anilines is 1. The normalized spacial score (nSPS) is 12.6. The molecule has 37 heavy (non-hydrogen) atoms. The highest BCUT2D eigenvalue weighted by Gasteiger charge is 2.21. The monoisotopic (exact) mass is 503 g/mol. The fourth-order valence-corrected chi connectivity index (χ4v) is 3.61. The topological polar surface area (TPSA) is 135 Å². The third-order valence-corrected chi connectivity index (χ3v) is 5.57. The minimum Gasteiger partial charge on any atom is -0.497 e. The number of nitrogens with one attached hydrogen (secondary N) is 3. The van der Waals surface area contributed by atoms with E-state index in [9.17, 15) is 14.4 Å². The maximum atomic E-state index is 13.1. The first-order valence-electron chi connectivity index (χ1n) is 11.3. The van der Waals surface area contributed by atoms with Gasteiger partial charge in [-0.25, -0.2) is 5.48 Å². The number of benzene rings is 3. The van der Waals surface area contributed by atoms with Gasteiger partial charge < -0.3 is 24.8 Å². The van der Waals surface area contributed by atoms with Gasteiger partial charge in [-0.2, -0.15) is 0 Å². The zero-order chi connectivity index (χ0) is 26.2. The SMILES string of the molecule is COc1ccc(CC(NC(=O)C=Cc2ccc3c(c2)OCO3)C(=O)Nc2ccc(C(=O)NO)cc2)cc1. The van der Waals surface area contributed by atoms with E-state index in [1.165, 1.54) is 30.3 Å². The summed E-state index contributed by atoms with van der Waals surface area (Å²) in [7, 11) is 1.56. The number of hydrogen-bond acceptors (Lipinski definition) is 7. The van der Waals surface area contributed by atoms with Gasteiger partial charge in [0.2, 0.25) is 18.6 Å². The molecule has 0 bridgehead atoms. The van der Waals surface area contributed by atoms with Gasteiger partial charge in [0.05, 0.1) is 7.11 Å². The number of hydroxylamine groups is 1. The third-order valence-electron chi connectivity index (χ3n) is 5.57. The molecule has 1 atom stereocenters. The van der Waals surface area contributed by atoms with E-state index in [0.717, 1.165) is 11.1 Å². The smallest absolute Gasteiger partial charge is 0.274 e. The molecular weight excluding hydrogens is 478 g/mol. The number of carbonyl (C=O) groups excluding carboxylic acids is 3. The molecule has 0 fully saturated rings. The molecule has 3 aromatic rings. The Morgan fingerprint density at radius 2 is 1.73 bits per heavy atom. The zero-order valence-electron chi connectivity index (χ0n) is 19.9. The second kappa shape index (κ2) is 11.7. The minimum atomic E-state index is -0.900. The van der Waals surface area contributed by atoms with Crippen molar-refractivity contribution < 1.29 is 33.8 Å². The van der Waals surface area contributed by atoms with Crippen molar-refractivity contribution in [3.05, 3.63) is 89.5 Å². The number of ether oxygens (including phenoxy) is 3. The fraction of sp³-hybridized carbons (Fsp3) is 0.148. The summed E-state index contributed by atoms with van der Waals surface area (Å²) in [5.74, 6) is 0.343. The highest BCUT2D eigenvalue weighted by Crippen LogP contribution is 2.32. The van der Waals surface area contributed by atoms with Crippen molar-refractivity contribution in [2.24, 2.45) is 0 Å². The van der Waals surface area contributed by atoms with Crippen LogP contribution >= 0.6 is 0 Å². The molecular formula is C27H25N3O7. The van der Waals surface area contributed by atoms with Crippen LogP contribution in [-0.2, 0) is 16.0 Å². The largest absolute Gasteiger partial charge is 0.497 e. The van der Waals surface area contributed by atoms with Gasteiger partial charge in [-0.15, -0.1) is 0 Å². The fourth-order valence-electron chi connectivity index (χ4n) is 3.61. The van der Waals surface area contributed by atoms with E-state index in [-0.39, 0.29) is 18.8 Å². The maximum absolute atomic E-state index is 13.1. The van der Waals surface area contributed by atoms with Gasteiger partial charge in [-0.3, -0.25) is 19.6 Å². The summed E-state index contributed by atoms with van der Waals surface area (Å²) in [5.41, 5.74) is 3.74. The molecule has 3 aromatic carbocycles. The van der Waals surface area contributed by atoms with Crippen molar-refractivity contribution in [3.63, 3.8) is 0 Å². The molecule has 10 nitrogen and oxygen atoms in total. The number of rotatable bonds is 9. The molecule has 190 valence electrons. The second-order valence-corrected chi connectivity index (χ2v) is 8.07. The number of carbonyl (C=O) groups is 3. The summed E-state index contributed by atoms with van der Waals surface area (Å²) in [6.45, 7) is 0.155. The van der Waals surface area contributed by atoms with Gasteiger partial charge in [-0.05, 0) is 65.7 Å². The van der Waals surface area contributed by atoms with Crippen LogP contribution in [0.1, 0.15) is 21.5 Å². The number of hydrogen-bond donors (Lipinski definition) is 4. The Bertz CT molecular complexity index is 1300. The van der Waals surface area contributed by atoms with E-state index in [1.54, 1.807) is 49.0 Å². The Morgan fingerprint density at radius 3 is 2.43 bits per heavy atom. The van der Waals surface area contributed by atoms with Crippen molar-refractivity contribution in [2.75, 3.05) is 19.2 Å². The van der Waals surface area contributed by atoms with Crippen molar-refractivity contribution >= 4 is 29.5 Å². The zero-order valence-corrected chi connectivity index (χ0v) is 19.9. The van der Waals surface area contributed by atoms with E-state index in [2.05, 4.69) is 10.6 Å². The molecule has 4 N–H and O–H groups in total. The van der Waals surface area contributed by atoms with E-state index < -0.39 is 23.8 Å². The predicted molar refractivity (Wildman–Crippen MR) is 135 cm³/mol. The first kappa shape index (κ1) is 25.3. The molecule has 1 aliphatic heterocycles. The molecule has 0 spiro atoms. The van der Waals surface area contributed by atoms with Crippen molar-refractivity contribution in [2.45, 2.75) is 12.5 Å². The first-order chi connectivity index (χ1) is 17.9. The Hall–Kier alpha value is -4.83. The summed E-state index contributed by atoms with van der Waals surface area (Å²) in [4.78, 5) is 37.4. The quantitative estimate of drug-likeness (QED) is 0.200. The Morgan fingerprint density at radius 1 is 1.00 bits per heavy atom. The van der Waals surface area contributed by atoms with Gasteiger partial charge in [0.25, 0.3) is 5.91 Å². The first-order valence-corrected chi connectivity index (χ1v) is 11.3. The Kier molecular flexibility index (Phi) is 8.01. The lowest BCUT2D eigenvalue weighted by Crippen LogP contribution is -2.44. The predicted octanol–water partition coefficient (Wildman–Crippen LogP) is 2.92. The van der Waals surface area contributed by atoms with E-state index >= 15 is 0 Å². The van der Waals surface area contributed by atoms with Crippen LogP contribution < -0.4 is 30.3 Å². The van der Waals surface area contributed by atoms with Crippen LogP contribution in [0.5, 0.6) is 17.2 Å². The molecule has 1 unspecified atom stereocenters. The van der Waals surface area contributed by atoms with Crippen LogP contribution in [0.2, 0.25) is 0 Å². The summed E-state index contributed by atoms with van der Waals surface area (Å²) >= 11 is 0. The van der Waals surface area contributed by atoms with Crippen molar-refractivity contribution in [3.8, 4) is 17.2 Å². The standard InChI is InChI=1S/C27H25N3O7/c1-35-21-10-2-17(3-11-21)14-22(27(33)28-20-8-6-19(7-9-20)26(32)30-34)29-25(31)13-5-18-4-12-23-24(15-18)37-16-36-23/h2-13,15,22,34H,14,16H2,1H3,(H,28,33)(H,29,31)(H,30,32). The molecule has 1 aliphatic rings. The Labute approximate surface area is 212 Å². The number of methoxy groups -OCH3 is 1. The van der Waals surface area contributed by atoms with Gasteiger partial charge in [-0.1, -0.05) is 18.2 Å². The molecule has 0 saturated carbocycles. The molecule has 3 amide bonds. The lowest BCUT2D eigenvalue weighted by molar-refractivity contribution is -0.123. The van der Waals surface area contributed by atoms with Crippen LogP contribution in [0.4, 0.5) is 5.69 Å². The van der Waals surface area contributed by atoms with E-state index in [1.807, 2.05) is 12.1 Å². The van der Waals surface area contributed by atoms with Crippen LogP contribution in [0.25, 0.3) is 6.08 Å². The van der Waals surface area contributed by atoms with Crippen LogP contribution in [0, 0.1) is 0 Å². The van der Waals surface area contributed by atoms with Crippen LogP contribution in [-0.4, -0.2) is 42.9 Å². The lowest BCUT2D eigenvalue weighted by atomic mass is 10.0. The van der Waals surface area contributed by atoms with Gasteiger partial charge >= 0.3 is 0 Å². The van der Waals surface area contributed by atoms with Gasteiger partial charge in [0.1, 0.15) is 11.8 Å². The molecule has 10 heteroatoms. The number of amides is 3. The van der Waals surface area contributed by atoms with Crippen molar-refractivity contribution in [1.82, 2.24) is 10.8 Å². The highest BCUT2D eigenvalue weighted by molar-refractivity contribution is 6.00. The van der Waals surface area contributed by atoms with Gasteiger partial charge in [0.15, 0.2) is 11.5 Å². The summed E-state index contributed by atoms with van der Waals surface area (Å²) in [6, 6.07) is 17.5. The minimum absolute atomic E-state index is 0.155. The third kappa shape index (κ3) is 6.65. The molecule has 1 heterocycles. The molecule has 0 aromatic heterocycles. The maximum Gasteiger partial charge on any atom is 0.274 e. The van der Waals surface area contributed by atoms with Crippen LogP contribution in [0.3, 0.4) is 0 Å². The summed E-state index contributed by atoms with van der Waals surface area (Å²) in [6.07, 6.45) is 3.18. The molecule has 0 saturated heterocycles.